The quantitative estimate of drug-likeness (QED) is 0.0326. The number of hydrogen-bond donors (Lipinski definition) is 8. The number of carboxylic acids is 1. The molecule has 4 rings (SSSR count). The summed E-state index contributed by atoms with van der Waals surface area (Å²) in [5.41, 5.74) is 2.37. The molecule has 21 nitrogen and oxygen atoms in total. The lowest BCUT2D eigenvalue weighted by atomic mass is 9.80. The molecule has 2 fully saturated rings. The van der Waals surface area contributed by atoms with Crippen LogP contribution in [0, 0.1) is 0 Å². The number of nitrogens with zero attached hydrogens (tertiary/aromatic N) is 4. The molecule has 0 radical (unpaired) electrons. The summed E-state index contributed by atoms with van der Waals surface area (Å²) in [4.78, 5) is 82.8. The highest BCUT2D eigenvalue weighted by molar-refractivity contribution is 7.84. The van der Waals surface area contributed by atoms with Gasteiger partial charge in [0.15, 0.2) is 16.6 Å². The van der Waals surface area contributed by atoms with Crippen LogP contribution in [0.15, 0.2) is 27.6 Å². The van der Waals surface area contributed by atoms with Gasteiger partial charge < -0.3 is 41.9 Å². The number of amides is 4. The van der Waals surface area contributed by atoms with E-state index in [9.17, 15) is 57.2 Å². The number of carboxylic acid groups (broad SMARTS) is 1. The van der Waals surface area contributed by atoms with E-state index in [1.54, 1.807) is 0 Å². The number of oxime groups is 1. The number of nitrogen functional groups attached to an aromatic ring is 1. The Bertz CT molecular complexity index is 1800. The normalized spacial score (nSPS) is 18.8. The molecule has 0 bridgehead atoms. The Morgan fingerprint density at radius 3 is 2.38 bits per heavy atom. The van der Waals surface area contributed by atoms with Gasteiger partial charge in [-0.25, -0.2) is 14.1 Å². The maximum atomic E-state index is 13.2. The summed E-state index contributed by atoms with van der Waals surface area (Å²) >= 11 is 0.911. The first-order valence-corrected chi connectivity index (χ1v) is 15.8. The minimum absolute atomic E-state index is 0.0117. The molecule has 1 saturated carbocycles. The molecule has 2 aromatic heterocycles. The number of β-lactam (4-membered cyclic amide) rings is 1. The SMILES string of the molecule is Nc1nc(C(=NOC2(C(=O)O)CCC2)C(=O)N[C@@H]2C(=O)N(S(=O)(=O)O)[C@@H]2CNC(=O)CCC(=O)NCc2cc(=O)c(O)cn2O)cs1. The number of anilines is 1. The van der Waals surface area contributed by atoms with E-state index in [-0.39, 0.29) is 40.2 Å². The zero-order valence-corrected chi connectivity index (χ0v) is 25.6. The molecule has 4 amide bonds. The van der Waals surface area contributed by atoms with Crippen molar-refractivity contribution in [2.24, 2.45) is 5.16 Å². The van der Waals surface area contributed by atoms with Gasteiger partial charge in [-0.05, 0) is 6.42 Å². The summed E-state index contributed by atoms with van der Waals surface area (Å²) in [6, 6.07) is -2.28. The van der Waals surface area contributed by atoms with E-state index in [1.807, 2.05) is 0 Å². The van der Waals surface area contributed by atoms with Crippen molar-refractivity contribution in [3.8, 4) is 5.75 Å². The van der Waals surface area contributed by atoms with Gasteiger partial charge in [0.1, 0.15) is 11.7 Å². The number of carbonyl (C=O) groups is 5. The molecular formula is C24H28N8O13S2. The lowest BCUT2D eigenvalue weighted by Crippen LogP contribution is -2.74. The van der Waals surface area contributed by atoms with Gasteiger partial charge in [-0.1, -0.05) is 5.16 Å². The van der Waals surface area contributed by atoms with E-state index in [0.29, 0.717) is 11.2 Å². The third-order valence-electron chi connectivity index (χ3n) is 7.19. The summed E-state index contributed by atoms with van der Waals surface area (Å²) in [5.74, 6) is -5.92. The van der Waals surface area contributed by atoms with Gasteiger partial charge in [0.25, 0.3) is 11.8 Å². The summed E-state index contributed by atoms with van der Waals surface area (Å²) in [6.07, 6.45) is 0.629. The molecule has 9 N–H and O–H groups in total. The average Bonchev–Trinajstić information content (AvgIpc) is 3.39. The maximum absolute atomic E-state index is 13.2. The number of aromatic hydroxyl groups is 1. The summed E-state index contributed by atoms with van der Waals surface area (Å²) < 4.78 is 33.7. The molecule has 0 aromatic carbocycles. The van der Waals surface area contributed by atoms with Gasteiger partial charge in [0, 0.05) is 43.7 Å². The Balaban J connectivity index is 1.38. The highest BCUT2D eigenvalue weighted by atomic mass is 32.2. The van der Waals surface area contributed by atoms with Crippen LogP contribution in [0.4, 0.5) is 5.13 Å². The largest absolute Gasteiger partial charge is 0.503 e. The summed E-state index contributed by atoms with van der Waals surface area (Å²) in [7, 11) is -5.14. The van der Waals surface area contributed by atoms with Gasteiger partial charge in [-0.2, -0.15) is 13.1 Å². The molecule has 2 aliphatic rings. The van der Waals surface area contributed by atoms with Gasteiger partial charge >= 0.3 is 16.3 Å². The second-order valence-electron chi connectivity index (χ2n) is 10.3. The molecule has 47 heavy (non-hydrogen) atoms. The van der Waals surface area contributed by atoms with Crippen LogP contribution in [0.25, 0.3) is 0 Å². The van der Waals surface area contributed by atoms with Crippen LogP contribution in [0.2, 0.25) is 0 Å². The molecule has 1 aliphatic carbocycles. The van der Waals surface area contributed by atoms with Gasteiger partial charge in [0.2, 0.25) is 22.8 Å². The predicted octanol–water partition coefficient (Wildman–Crippen LogP) is -2.73. The Labute approximate surface area is 267 Å². The Hall–Kier alpha value is -5.29. The molecule has 1 aliphatic heterocycles. The van der Waals surface area contributed by atoms with Crippen LogP contribution >= 0.6 is 11.3 Å². The van der Waals surface area contributed by atoms with E-state index < -0.39 is 93.9 Å². The molecule has 2 atom stereocenters. The van der Waals surface area contributed by atoms with Crippen LogP contribution in [0.1, 0.15) is 43.5 Å². The van der Waals surface area contributed by atoms with Crippen molar-refractivity contribution in [1.82, 2.24) is 30.0 Å². The molecule has 1 saturated heterocycles. The lowest BCUT2D eigenvalue weighted by molar-refractivity contribution is -0.178. The number of nitrogens with one attached hydrogen (secondary N) is 3. The van der Waals surface area contributed by atoms with Crippen molar-refractivity contribution < 1.29 is 57.2 Å². The number of carbonyl (C=O) groups excluding carboxylic acids is 4. The fraction of sp³-hybridized carbons (Fsp3) is 0.417. The van der Waals surface area contributed by atoms with Gasteiger partial charge in [-0.15, -0.1) is 11.3 Å². The van der Waals surface area contributed by atoms with Crippen molar-refractivity contribution in [1.29, 1.82) is 0 Å². The average molecular weight is 701 g/mol. The lowest BCUT2D eigenvalue weighted by Gasteiger charge is -2.44. The van der Waals surface area contributed by atoms with Crippen LogP contribution in [-0.2, 0) is 45.7 Å². The Morgan fingerprint density at radius 1 is 1.17 bits per heavy atom. The fourth-order valence-electron chi connectivity index (χ4n) is 4.44. The second-order valence-corrected chi connectivity index (χ2v) is 12.5. The fourth-order valence-corrected chi connectivity index (χ4v) is 5.87. The first-order valence-electron chi connectivity index (χ1n) is 13.5. The first-order chi connectivity index (χ1) is 22.0. The molecule has 0 unspecified atom stereocenters. The van der Waals surface area contributed by atoms with Gasteiger partial charge in [0.05, 0.1) is 24.5 Å². The number of hydrogen-bond acceptors (Lipinski definition) is 15. The molecular weight excluding hydrogens is 672 g/mol. The summed E-state index contributed by atoms with van der Waals surface area (Å²) in [5, 5.41) is 40.4. The standard InChI is InChI=1S/C24H28N8O13S2/c25-23-28-12(10-46-23)18(30-45-24(22(39)40)4-1-5-24)20(37)29-19-13(32(21(19)38)47(42,43)44)8-27-17(36)3-2-16(35)26-7-11-6-14(33)15(34)9-31(11)41/h6,9-10,13,19,34,41H,1-5,7-8H2,(H2,25,28)(H,26,35)(H,27,36)(H,29,37)(H,39,40)(H,42,43,44)/t13-,19+/m1/s1. The van der Waals surface area contributed by atoms with E-state index in [1.165, 1.54) is 5.38 Å². The minimum atomic E-state index is -5.14. The molecule has 3 heterocycles. The monoisotopic (exact) mass is 700 g/mol. The highest BCUT2D eigenvalue weighted by Crippen LogP contribution is 2.36. The zero-order valence-electron chi connectivity index (χ0n) is 24.0. The smallest absolute Gasteiger partial charge is 0.362 e. The van der Waals surface area contributed by atoms with Crippen LogP contribution < -0.4 is 27.1 Å². The van der Waals surface area contributed by atoms with E-state index >= 15 is 0 Å². The van der Waals surface area contributed by atoms with Crippen molar-refractivity contribution in [2.75, 3.05) is 12.3 Å². The number of thiazole rings is 1. The molecule has 23 heteroatoms. The van der Waals surface area contributed by atoms with Crippen LogP contribution in [0.5, 0.6) is 5.75 Å². The van der Waals surface area contributed by atoms with Crippen LogP contribution in [0.3, 0.4) is 0 Å². The van der Waals surface area contributed by atoms with E-state index in [0.717, 1.165) is 23.6 Å². The van der Waals surface area contributed by atoms with Crippen molar-refractivity contribution >= 4 is 62.1 Å². The predicted molar refractivity (Wildman–Crippen MR) is 156 cm³/mol. The third kappa shape index (κ3) is 7.75. The Morgan fingerprint density at radius 2 is 1.83 bits per heavy atom. The number of aliphatic carboxylic acids is 1. The zero-order chi connectivity index (χ0) is 34.7. The number of aromatic nitrogens is 2. The van der Waals surface area contributed by atoms with Crippen molar-refractivity contribution in [3.63, 3.8) is 0 Å². The Kier molecular flexibility index (Phi) is 10.0. The highest BCUT2D eigenvalue weighted by Gasteiger charge is 2.54. The molecule has 2 aromatic rings. The number of nitrogens with two attached hydrogens (primary N) is 1. The molecule has 254 valence electrons. The van der Waals surface area contributed by atoms with Crippen molar-refractivity contribution in [2.45, 2.75) is 56.3 Å². The second kappa shape index (κ2) is 13.6. The summed E-state index contributed by atoms with van der Waals surface area (Å²) in [6.45, 7) is -0.946. The minimum Gasteiger partial charge on any atom is -0.503 e. The third-order valence-corrected chi connectivity index (χ3v) is 8.81. The topological polar surface area (TPSA) is 322 Å². The van der Waals surface area contributed by atoms with Crippen LogP contribution in [-0.4, -0.2) is 102 Å². The number of pyridine rings is 1. The first kappa shape index (κ1) is 34.6. The van der Waals surface area contributed by atoms with E-state index in [4.69, 9.17) is 10.6 Å². The van der Waals surface area contributed by atoms with Crippen molar-refractivity contribution in [3.05, 3.63) is 39.3 Å². The maximum Gasteiger partial charge on any atom is 0.362 e. The van der Waals surface area contributed by atoms with Gasteiger partial charge in [-0.3, -0.25) is 28.5 Å². The van der Waals surface area contributed by atoms with E-state index in [2.05, 4.69) is 26.1 Å². The molecule has 0 spiro atoms. The number of rotatable bonds is 14.